The van der Waals surface area contributed by atoms with Crippen molar-refractivity contribution in [2.45, 2.75) is 52.0 Å². The van der Waals surface area contributed by atoms with Gasteiger partial charge < -0.3 is 5.32 Å². The predicted octanol–water partition coefficient (Wildman–Crippen LogP) is 4.41. The summed E-state index contributed by atoms with van der Waals surface area (Å²) in [5.74, 6) is -0.0843. The lowest BCUT2D eigenvalue weighted by Gasteiger charge is -2.22. The van der Waals surface area contributed by atoms with E-state index in [0.717, 1.165) is 5.56 Å². The van der Waals surface area contributed by atoms with Crippen LogP contribution in [0.5, 0.6) is 0 Å². The van der Waals surface area contributed by atoms with Gasteiger partial charge in [-0.1, -0.05) is 63.2 Å². The summed E-state index contributed by atoms with van der Waals surface area (Å²) in [4.78, 5) is 12.3. The van der Waals surface area contributed by atoms with Crippen LogP contribution in [0.3, 0.4) is 0 Å². The molecule has 2 aromatic rings. The minimum absolute atomic E-state index is 0.0843. The Hall–Kier alpha value is -2.34. The Morgan fingerprint density at radius 2 is 1.62 bits per heavy atom. The van der Waals surface area contributed by atoms with Crippen molar-refractivity contribution < 1.29 is 13.2 Å². The Morgan fingerprint density at radius 3 is 2.14 bits per heavy atom. The van der Waals surface area contributed by atoms with Crippen LogP contribution < -0.4 is 9.62 Å². The van der Waals surface area contributed by atoms with E-state index in [0.29, 0.717) is 12.1 Å². The van der Waals surface area contributed by atoms with E-state index in [9.17, 15) is 13.2 Å². The number of sulfonamides is 1. The highest BCUT2D eigenvalue weighted by Gasteiger charge is 2.18. The zero-order chi connectivity index (χ0) is 21.7. The van der Waals surface area contributed by atoms with E-state index in [1.807, 2.05) is 25.1 Å². The third-order valence-electron chi connectivity index (χ3n) is 4.86. The van der Waals surface area contributed by atoms with Crippen LogP contribution in [0.15, 0.2) is 54.6 Å². The van der Waals surface area contributed by atoms with Crippen LogP contribution >= 0.6 is 0 Å². The second kappa shape index (κ2) is 9.44. The zero-order valence-corrected chi connectivity index (χ0v) is 18.8. The van der Waals surface area contributed by atoms with Gasteiger partial charge in [0.05, 0.1) is 18.0 Å². The van der Waals surface area contributed by atoms with E-state index in [2.05, 4.69) is 38.2 Å². The van der Waals surface area contributed by atoms with Crippen molar-refractivity contribution >= 4 is 21.6 Å². The molecule has 0 spiro atoms. The fraction of sp³-hybridized carbons (Fsp3) is 0.435. The summed E-state index contributed by atoms with van der Waals surface area (Å²) in [6, 6.07) is 17.1. The maximum atomic E-state index is 12.3. The minimum Gasteiger partial charge on any atom is -0.350 e. The summed E-state index contributed by atoms with van der Waals surface area (Å²) in [7, 11) is -3.40. The van der Waals surface area contributed by atoms with Crippen LogP contribution in [-0.2, 0) is 20.2 Å². The first-order chi connectivity index (χ1) is 13.5. The molecular weight excluding hydrogens is 384 g/mol. The lowest BCUT2D eigenvalue weighted by molar-refractivity contribution is -0.121. The standard InChI is InChI=1S/C23H32N2O3S/c1-18(19-13-15-20(16-14-19)23(2,3)4)24-22(26)12-9-17-25(29(5,27)28)21-10-7-6-8-11-21/h6-8,10-11,13-16,18H,9,12,17H2,1-5H3,(H,24,26). The van der Waals surface area contributed by atoms with Crippen LogP contribution in [0.25, 0.3) is 0 Å². The van der Waals surface area contributed by atoms with Crippen molar-refractivity contribution in [1.29, 1.82) is 0 Å². The number of amides is 1. The van der Waals surface area contributed by atoms with Gasteiger partial charge in [0.1, 0.15) is 0 Å². The van der Waals surface area contributed by atoms with E-state index in [4.69, 9.17) is 0 Å². The third kappa shape index (κ3) is 6.89. The number of hydrogen-bond acceptors (Lipinski definition) is 3. The highest BCUT2D eigenvalue weighted by atomic mass is 32.2. The first-order valence-corrected chi connectivity index (χ1v) is 11.8. The third-order valence-corrected chi connectivity index (χ3v) is 6.06. The summed E-state index contributed by atoms with van der Waals surface area (Å²) in [6.45, 7) is 8.73. The second-order valence-electron chi connectivity index (χ2n) is 8.44. The maximum Gasteiger partial charge on any atom is 0.232 e. The van der Waals surface area contributed by atoms with Gasteiger partial charge in [0, 0.05) is 13.0 Å². The Kier molecular flexibility index (Phi) is 7.47. The molecule has 0 aliphatic carbocycles. The molecule has 1 N–H and O–H groups in total. The van der Waals surface area contributed by atoms with Crippen LogP contribution in [-0.4, -0.2) is 27.1 Å². The van der Waals surface area contributed by atoms with Gasteiger partial charge in [-0.3, -0.25) is 9.10 Å². The van der Waals surface area contributed by atoms with Gasteiger partial charge in [0.15, 0.2) is 0 Å². The minimum atomic E-state index is -3.40. The number of hydrogen-bond donors (Lipinski definition) is 1. The molecule has 0 heterocycles. The Bertz CT molecular complexity index is 901. The van der Waals surface area contributed by atoms with E-state index < -0.39 is 10.0 Å². The van der Waals surface area contributed by atoms with Crippen molar-refractivity contribution in [3.63, 3.8) is 0 Å². The van der Waals surface area contributed by atoms with Crippen LogP contribution in [0.1, 0.15) is 57.7 Å². The van der Waals surface area contributed by atoms with E-state index >= 15 is 0 Å². The molecule has 6 heteroatoms. The summed E-state index contributed by atoms with van der Waals surface area (Å²) in [5.41, 5.74) is 3.01. The van der Waals surface area contributed by atoms with Crippen molar-refractivity contribution in [2.24, 2.45) is 0 Å². The summed E-state index contributed by atoms with van der Waals surface area (Å²) in [5, 5.41) is 3.00. The highest BCUT2D eigenvalue weighted by Crippen LogP contribution is 2.24. The first-order valence-electron chi connectivity index (χ1n) is 9.91. The fourth-order valence-corrected chi connectivity index (χ4v) is 4.10. The van der Waals surface area contributed by atoms with Gasteiger partial charge in [-0.2, -0.15) is 0 Å². The summed E-state index contributed by atoms with van der Waals surface area (Å²) < 4.78 is 25.5. The van der Waals surface area contributed by atoms with Crippen molar-refractivity contribution in [1.82, 2.24) is 5.32 Å². The smallest absolute Gasteiger partial charge is 0.232 e. The van der Waals surface area contributed by atoms with Gasteiger partial charge in [0.2, 0.25) is 15.9 Å². The zero-order valence-electron chi connectivity index (χ0n) is 18.0. The number of benzene rings is 2. The van der Waals surface area contributed by atoms with Gasteiger partial charge in [-0.25, -0.2) is 8.42 Å². The number of nitrogens with zero attached hydrogens (tertiary/aromatic N) is 1. The topological polar surface area (TPSA) is 66.5 Å². The maximum absolute atomic E-state index is 12.3. The number of anilines is 1. The predicted molar refractivity (Wildman–Crippen MR) is 120 cm³/mol. The molecule has 1 unspecified atom stereocenters. The van der Waals surface area contributed by atoms with Crippen molar-refractivity contribution in [3.8, 4) is 0 Å². The quantitative estimate of drug-likeness (QED) is 0.693. The van der Waals surface area contributed by atoms with Crippen LogP contribution in [0.4, 0.5) is 5.69 Å². The summed E-state index contributed by atoms with van der Waals surface area (Å²) in [6.07, 6.45) is 1.90. The Labute approximate surface area is 175 Å². The molecule has 2 aromatic carbocycles. The second-order valence-corrected chi connectivity index (χ2v) is 10.3. The lowest BCUT2D eigenvalue weighted by Crippen LogP contribution is -2.32. The number of para-hydroxylation sites is 1. The van der Waals surface area contributed by atoms with Crippen molar-refractivity contribution in [3.05, 3.63) is 65.7 Å². The lowest BCUT2D eigenvalue weighted by atomic mass is 9.86. The molecular formula is C23H32N2O3S. The Balaban J connectivity index is 1.90. The number of carbonyl (C=O) groups is 1. The molecule has 5 nitrogen and oxygen atoms in total. The molecule has 0 aliphatic heterocycles. The van der Waals surface area contributed by atoms with Crippen molar-refractivity contribution in [2.75, 3.05) is 17.1 Å². The number of carbonyl (C=O) groups excluding carboxylic acids is 1. The van der Waals surface area contributed by atoms with Gasteiger partial charge in [0.25, 0.3) is 0 Å². The molecule has 1 amide bonds. The van der Waals surface area contributed by atoms with Gasteiger partial charge in [-0.05, 0) is 42.0 Å². The molecule has 158 valence electrons. The molecule has 0 saturated heterocycles. The molecule has 1 atom stereocenters. The van der Waals surface area contributed by atoms with Gasteiger partial charge >= 0.3 is 0 Å². The molecule has 0 radical (unpaired) electrons. The molecule has 0 aromatic heterocycles. The van der Waals surface area contributed by atoms with E-state index in [1.165, 1.54) is 16.1 Å². The average Bonchev–Trinajstić information content (AvgIpc) is 2.64. The molecule has 0 bridgehead atoms. The number of nitrogens with one attached hydrogen (secondary N) is 1. The molecule has 0 saturated carbocycles. The largest absolute Gasteiger partial charge is 0.350 e. The van der Waals surface area contributed by atoms with Crippen LogP contribution in [0, 0.1) is 0 Å². The average molecular weight is 417 g/mol. The molecule has 0 aliphatic rings. The van der Waals surface area contributed by atoms with E-state index in [-0.39, 0.29) is 30.3 Å². The molecule has 29 heavy (non-hydrogen) atoms. The van der Waals surface area contributed by atoms with E-state index in [1.54, 1.807) is 24.3 Å². The molecule has 0 fully saturated rings. The normalized spacial score (nSPS) is 13.0. The monoisotopic (exact) mass is 416 g/mol. The molecule has 2 rings (SSSR count). The fourth-order valence-electron chi connectivity index (χ4n) is 3.13. The first kappa shape index (κ1) is 22.9. The highest BCUT2D eigenvalue weighted by molar-refractivity contribution is 7.92. The van der Waals surface area contributed by atoms with Crippen LogP contribution in [0.2, 0.25) is 0 Å². The number of rotatable bonds is 8. The van der Waals surface area contributed by atoms with Gasteiger partial charge in [-0.15, -0.1) is 0 Å². The summed E-state index contributed by atoms with van der Waals surface area (Å²) >= 11 is 0. The Morgan fingerprint density at radius 1 is 1.03 bits per heavy atom. The SMILES string of the molecule is CC(NC(=O)CCCN(c1ccccc1)S(C)(=O)=O)c1ccc(C(C)(C)C)cc1.